The molecule has 0 spiro atoms. The normalized spacial score (nSPS) is 20.6. The van der Waals surface area contributed by atoms with Gasteiger partial charge in [-0.3, -0.25) is 9.69 Å². The number of carbonyl (C=O) groups excluding carboxylic acids is 1. The minimum Gasteiger partial charge on any atom is -0.469 e. The third-order valence-corrected chi connectivity index (χ3v) is 5.67. The predicted octanol–water partition coefficient (Wildman–Crippen LogP) is 4.10. The fourth-order valence-corrected chi connectivity index (χ4v) is 3.99. The van der Waals surface area contributed by atoms with Gasteiger partial charge >= 0.3 is 5.97 Å². The summed E-state index contributed by atoms with van der Waals surface area (Å²) in [6.07, 6.45) is 8.61. The lowest BCUT2D eigenvalue weighted by atomic mass is 9.82. The van der Waals surface area contributed by atoms with Crippen molar-refractivity contribution in [2.45, 2.75) is 46.0 Å². The average Bonchev–Trinajstić information content (AvgIpc) is 2.57. The molecule has 1 aromatic carbocycles. The number of fused-ring (bicyclic) bond motifs is 1. The molecule has 0 saturated carbocycles. The fourth-order valence-electron chi connectivity index (χ4n) is 3.99. The van der Waals surface area contributed by atoms with Crippen molar-refractivity contribution in [3.8, 4) is 0 Å². The summed E-state index contributed by atoms with van der Waals surface area (Å²) in [4.78, 5) is 13.9. The third-order valence-electron chi connectivity index (χ3n) is 5.67. The summed E-state index contributed by atoms with van der Waals surface area (Å²) in [5.41, 5.74) is 5.87. The van der Waals surface area contributed by atoms with E-state index in [1.165, 1.54) is 55.1 Å². The van der Waals surface area contributed by atoms with Crippen LogP contribution < -0.4 is 0 Å². The number of aryl methyl sites for hydroxylation is 1. The van der Waals surface area contributed by atoms with E-state index in [1.807, 2.05) is 0 Å². The molecule has 3 heteroatoms. The van der Waals surface area contributed by atoms with E-state index in [4.69, 9.17) is 4.74 Å². The zero-order valence-corrected chi connectivity index (χ0v) is 15.9. The Hall–Kier alpha value is -1.61. The number of benzene rings is 1. The van der Waals surface area contributed by atoms with E-state index in [2.05, 4.69) is 43.0 Å². The Kier molecular flexibility index (Phi) is 5.95. The number of unbranched alkanes of at least 4 members (excludes halogenated alkanes) is 2. The number of likely N-dealkylation sites (tertiary alicyclic amines) is 1. The van der Waals surface area contributed by atoms with Gasteiger partial charge in [0.05, 0.1) is 13.0 Å². The highest BCUT2D eigenvalue weighted by Gasteiger charge is 2.34. The number of nitrogens with zero attached hydrogens (tertiary/aromatic N) is 1. The van der Waals surface area contributed by atoms with Crippen LogP contribution in [0.1, 0.15) is 49.8 Å². The van der Waals surface area contributed by atoms with E-state index in [1.54, 1.807) is 0 Å². The quantitative estimate of drug-likeness (QED) is 0.552. The van der Waals surface area contributed by atoms with Crippen molar-refractivity contribution in [2.24, 2.45) is 11.8 Å². The van der Waals surface area contributed by atoms with Gasteiger partial charge in [-0.05, 0) is 41.9 Å². The second kappa shape index (κ2) is 8.18. The molecule has 1 aliphatic carbocycles. The van der Waals surface area contributed by atoms with Crippen LogP contribution in [-0.4, -0.2) is 37.6 Å². The van der Waals surface area contributed by atoms with Gasteiger partial charge in [0.15, 0.2) is 0 Å². The summed E-state index contributed by atoms with van der Waals surface area (Å²) in [5, 5.41) is 0. The van der Waals surface area contributed by atoms with E-state index in [9.17, 15) is 4.79 Å². The summed E-state index contributed by atoms with van der Waals surface area (Å²) in [5.74, 6) is 0.584. The van der Waals surface area contributed by atoms with Gasteiger partial charge in [-0.1, -0.05) is 56.5 Å². The monoisotopic (exact) mass is 341 g/mol. The molecule has 1 heterocycles. The standard InChI is InChI=1S/C22H31NO2/c1-4-5-6-7-17-8-9-18-12-20(16(2)10-19(18)11-17)13-23-14-21(15-23)22(24)25-3/h8-9,11-12,16,21H,4-7,10,13-15H2,1-3H3/t16-/m0/s1. The van der Waals surface area contributed by atoms with Crippen LogP contribution in [0.2, 0.25) is 0 Å². The SMILES string of the molecule is CCCCCc1ccc2c(c1)C[C@H](C)C(CN1CC(C(=O)OC)C1)=C2. The smallest absolute Gasteiger partial charge is 0.311 e. The molecule has 1 aromatic rings. The van der Waals surface area contributed by atoms with Crippen molar-refractivity contribution in [3.63, 3.8) is 0 Å². The molecule has 25 heavy (non-hydrogen) atoms. The summed E-state index contributed by atoms with van der Waals surface area (Å²) in [6.45, 7) is 7.23. The van der Waals surface area contributed by atoms with Gasteiger partial charge in [-0.15, -0.1) is 0 Å². The average molecular weight is 341 g/mol. The zero-order valence-electron chi connectivity index (χ0n) is 15.9. The lowest BCUT2D eigenvalue weighted by Gasteiger charge is -2.39. The number of carbonyl (C=O) groups is 1. The maximum Gasteiger partial charge on any atom is 0.311 e. The highest BCUT2D eigenvalue weighted by molar-refractivity contribution is 5.74. The Morgan fingerprint density at radius 2 is 2.08 bits per heavy atom. The molecule has 1 fully saturated rings. The Labute approximate surface area is 152 Å². The van der Waals surface area contributed by atoms with Crippen LogP contribution in [0.5, 0.6) is 0 Å². The molecule has 2 aliphatic rings. The first-order valence-electron chi connectivity index (χ1n) is 9.73. The Morgan fingerprint density at radius 1 is 1.28 bits per heavy atom. The Balaban J connectivity index is 1.61. The number of methoxy groups -OCH3 is 1. The Bertz CT molecular complexity index is 643. The molecule has 0 N–H and O–H groups in total. The molecule has 0 aromatic heterocycles. The topological polar surface area (TPSA) is 29.5 Å². The van der Waals surface area contributed by atoms with Crippen LogP contribution in [0.15, 0.2) is 23.8 Å². The van der Waals surface area contributed by atoms with Crippen molar-refractivity contribution >= 4 is 12.0 Å². The van der Waals surface area contributed by atoms with E-state index in [0.717, 1.165) is 26.1 Å². The molecular weight excluding hydrogens is 310 g/mol. The van der Waals surface area contributed by atoms with Gasteiger partial charge in [-0.25, -0.2) is 0 Å². The second-order valence-corrected chi connectivity index (χ2v) is 7.73. The number of ether oxygens (including phenoxy) is 1. The van der Waals surface area contributed by atoms with E-state index >= 15 is 0 Å². The summed E-state index contributed by atoms with van der Waals surface area (Å²) in [7, 11) is 1.48. The number of esters is 1. The number of hydrogen-bond donors (Lipinski definition) is 0. The van der Waals surface area contributed by atoms with Gasteiger partial charge in [0.25, 0.3) is 0 Å². The van der Waals surface area contributed by atoms with Crippen LogP contribution in [-0.2, 0) is 22.4 Å². The van der Waals surface area contributed by atoms with Crippen molar-refractivity contribution in [1.82, 2.24) is 4.90 Å². The van der Waals surface area contributed by atoms with Gasteiger partial charge in [0.2, 0.25) is 0 Å². The van der Waals surface area contributed by atoms with Crippen LogP contribution in [0.4, 0.5) is 0 Å². The first kappa shape index (κ1) is 18.2. The molecule has 3 rings (SSSR count). The summed E-state index contributed by atoms with van der Waals surface area (Å²) in [6, 6.07) is 7.02. The molecule has 1 aliphatic heterocycles. The van der Waals surface area contributed by atoms with E-state index in [0.29, 0.717) is 5.92 Å². The van der Waals surface area contributed by atoms with Gasteiger partial charge in [0.1, 0.15) is 0 Å². The van der Waals surface area contributed by atoms with Gasteiger partial charge < -0.3 is 4.74 Å². The highest BCUT2D eigenvalue weighted by atomic mass is 16.5. The van der Waals surface area contributed by atoms with Crippen LogP contribution in [0.3, 0.4) is 0 Å². The van der Waals surface area contributed by atoms with Crippen molar-refractivity contribution < 1.29 is 9.53 Å². The maximum absolute atomic E-state index is 11.5. The Morgan fingerprint density at radius 3 is 2.80 bits per heavy atom. The molecule has 3 nitrogen and oxygen atoms in total. The van der Waals surface area contributed by atoms with Crippen molar-refractivity contribution in [1.29, 1.82) is 0 Å². The second-order valence-electron chi connectivity index (χ2n) is 7.73. The maximum atomic E-state index is 11.5. The van der Waals surface area contributed by atoms with Crippen LogP contribution >= 0.6 is 0 Å². The lowest BCUT2D eigenvalue weighted by Crippen LogP contribution is -2.51. The minimum absolute atomic E-state index is 0.0668. The molecule has 0 bridgehead atoms. The number of hydrogen-bond acceptors (Lipinski definition) is 3. The lowest BCUT2D eigenvalue weighted by molar-refractivity contribution is -0.151. The van der Waals surface area contributed by atoms with Crippen LogP contribution in [0.25, 0.3) is 6.08 Å². The summed E-state index contributed by atoms with van der Waals surface area (Å²) < 4.78 is 4.83. The predicted molar refractivity (Wildman–Crippen MR) is 102 cm³/mol. The highest BCUT2D eigenvalue weighted by Crippen LogP contribution is 2.31. The van der Waals surface area contributed by atoms with Crippen molar-refractivity contribution in [2.75, 3.05) is 26.7 Å². The molecule has 1 saturated heterocycles. The first-order chi connectivity index (χ1) is 12.1. The molecule has 0 unspecified atom stereocenters. The van der Waals surface area contributed by atoms with Gasteiger partial charge in [-0.2, -0.15) is 0 Å². The molecule has 136 valence electrons. The first-order valence-corrected chi connectivity index (χ1v) is 9.73. The van der Waals surface area contributed by atoms with Crippen LogP contribution in [0, 0.1) is 11.8 Å². The van der Waals surface area contributed by atoms with Gasteiger partial charge in [0, 0.05) is 19.6 Å². The van der Waals surface area contributed by atoms with E-state index < -0.39 is 0 Å². The van der Waals surface area contributed by atoms with E-state index in [-0.39, 0.29) is 11.9 Å². The fraction of sp³-hybridized carbons (Fsp3) is 0.591. The number of rotatable bonds is 7. The molecule has 0 amide bonds. The largest absolute Gasteiger partial charge is 0.469 e. The van der Waals surface area contributed by atoms with Crippen molar-refractivity contribution in [3.05, 3.63) is 40.5 Å². The zero-order chi connectivity index (χ0) is 17.8. The summed E-state index contributed by atoms with van der Waals surface area (Å²) >= 11 is 0. The molecule has 0 radical (unpaired) electrons. The minimum atomic E-state index is -0.0668. The molecular formula is C22H31NO2. The third kappa shape index (κ3) is 4.33. The molecule has 1 atom stereocenters.